The molecular weight excluding hydrogens is 266 g/mol. The van der Waals surface area contributed by atoms with Crippen LogP contribution in [0.1, 0.15) is 46.0 Å². The predicted octanol–water partition coefficient (Wildman–Crippen LogP) is 1.67. The second-order valence-corrected chi connectivity index (χ2v) is 7.22. The van der Waals surface area contributed by atoms with Crippen LogP contribution in [0.15, 0.2) is 0 Å². The Morgan fingerprint density at radius 1 is 1.32 bits per heavy atom. The average Bonchev–Trinajstić information content (AvgIpc) is 2.77. The maximum Gasteiger partial charge on any atom is 0.209 e. The van der Waals surface area contributed by atoms with E-state index >= 15 is 0 Å². The summed E-state index contributed by atoms with van der Waals surface area (Å²) in [5, 5.41) is 5.26. The smallest absolute Gasteiger partial charge is 0.209 e. The van der Waals surface area contributed by atoms with Crippen LogP contribution in [-0.2, 0) is 19.5 Å². The molecule has 0 aromatic heterocycles. The predicted molar refractivity (Wildman–Crippen MR) is 75.4 cm³/mol. The van der Waals surface area contributed by atoms with Crippen molar-refractivity contribution in [3.05, 3.63) is 0 Å². The van der Waals surface area contributed by atoms with Crippen LogP contribution in [0.2, 0.25) is 0 Å². The highest BCUT2D eigenvalue weighted by Gasteiger charge is 2.34. The van der Waals surface area contributed by atoms with E-state index in [9.17, 15) is 8.42 Å². The molecule has 0 saturated carbocycles. The largest absolute Gasteiger partial charge is 0.379 e. The molecule has 0 amide bonds. The van der Waals surface area contributed by atoms with Gasteiger partial charge in [-0.1, -0.05) is 26.7 Å². The van der Waals surface area contributed by atoms with Crippen LogP contribution < -0.4 is 5.14 Å². The van der Waals surface area contributed by atoms with Gasteiger partial charge in [0.1, 0.15) is 0 Å². The molecule has 1 rings (SSSR count). The zero-order valence-electron chi connectivity index (χ0n) is 12.1. The molecule has 114 valence electrons. The van der Waals surface area contributed by atoms with Gasteiger partial charge < -0.3 is 9.47 Å². The fourth-order valence-electron chi connectivity index (χ4n) is 2.88. The first-order chi connectivity index (χ1) is 8.91. The Morgan fingerprint density at radius 3 is 2.37 bits per heavy atom. The molecule has 1 fully saturated rings. The molecule has 5 nitrogen and oxygen atoms in total. The number of hydrogen-bond acceptors (Lipinski definition) is 4. The Labute approximate surface area is 116 Å². The fourth-order valence-corrected chi connectivity index (χ4v) is 4.11. The van der Waals surface area contributed by atoms with Gasteiger partial charge in [0.05, 0.1) is 25.1 Å². The van der Waals surface area contributed by atoms with Crippen molar-refractivity contribution in [1.29, 1.82) is 0 Å². The lowest BCUT2D eigenvalue weighted by Gasteiger charge is -2.33. The third-order valence-electron chi connectivity index (χ3n) is 3.58. The Hall–Kier alpha value is -0.170. The van der Waals surface area contributed by atoms with Gasteiger partial charge in [-0.3, -0.25) is 0 Å². The summed E-state index contributed by atoms with van der Waals surface area (Å²) >= 11 is 0. The fraction of sp³-hybridized carbons (Fsp3) is 1.00. The number of nitrogens with two attached hydrogens (primary N) is 1. The molecule has 6 heteroatoms. The molecule has 1 heterocycles. The van der Waals surface area contributed by atoms with Crippen molar-refractivity contribution in [2.75, 3.05) is 25.6 Å². The lowest BCUT2D eigenvalue weighted by molar-refractivity contribution is -0.0125. The van der Waals surface area contributed by atoms with Gasteiger partial charge in [-0.2, -0.15) is 0 Å². The van der Waals surface area contributed by atoms with E-state index in [1.165, 1.54) is 0 Å². The van der Waals surface area contributed by atoms with E-state index in [1.807, 2.05) is 0 Å². The van der Waals surface area contributed by atoms with Crippen LogP contribution >= 0.6 is 0 Å². The summed E-state index contributed by atoms with van der Waals surface area (Å²) in [6, 6.07) is 0. The molecule has 0 spiro atoms. The highest BCUT2D eigenvalue weighted by Crippen LogP contribution is 2.32. The number of rotatable bonds is 9. The Bertz CT molecular complexity index is 344. The maximum atomic E-state index is 11.5. The van der Waals surface area contributed by atoms with E-state index in [0.717, 1.165) is 38.7 Å². The summed E-state index contributed by atoms with van der Waals surface area (Å²) in [5.74, 6) is 0.00918. The first kappa shape index (κ1) is 16.9. The first-order valence-electron chi connectivity index (χ1n) is 7.10. The zero-order chi connectivity index (χ0) is 14.4. The van der Waals surface area contributed by atoms with Crippen LogP contribution in [0, 0.1) is 5.41 Å². The molecule has 1 aliphatic rings. The summed E-state index contributed by atoms with van der Waals surface area (Å²) < 4.78 is 34.1. The lowest BCUT2D eigenvalue weighted by atomic mass is 9.82. The topological polar surface area (TPSA) is 78.6 Å². The van der Waals surface area contributed by atoms with Gasteiger partial charge in [-0.25, -0.2) is 13.6 Å². The summed E-state index contributed by atoms with van der Waals surface area (Å²) in [5.41, 5.74) is -0.348. The van der Waals surface area contributed by atoms with Crippen molar-refractivity contribution in [3.63, 3.8) is 0 Å². The van der Waals surface area contributed by atoms with Gasteiger partial charge in [0.15, 0.2) is 0 Å². The molecular formula is C13H27NO4S. The Morgan fingerprint density at radius 2 is 1.95 bits per heavy atom. The van der Waals surface area contributed by atoms with Crippen molar-refractivity contribution >= 4 is 10.0 Å². The number of hydrogen-bond donors (Lipinski definition) is 1. The normalized spacial score (nSPS) is 20.9. The van der Waals surface area contributed by atoms with Gasteiger partial charge in [-0.15, -0.1) is 0 Å². The van der Waals surface area contributed by atoms with Crippen LogP contribution in [0.3, 0.4) is 0 Å². The third kappa shape index (κ3) is 6.21. The highest BCUT2D eigenvalue weighted by atomic mass is 32.2. The molecule has 1 saturated heterocycles. The second-order valence-electron chi connectivity index (χ2n) is 5.60. The maximum absolute atomic E-state index is 11.5. The molecule has 1 unspecified atom stereocenters. The summed E-state index contributed by atoms with van der Waals surface area (Å²) in [6.07, 6.45) is 4.51. The minimum atomic E-state index is -3.48. The van der Waals surface area contributed by atoms with Crippen molar-refractivity contribution in [2.45, 2.75) is 52.1 Å². The van der Waals surface area contributed by atoms with E-state index in [-0.39, 0.29) is 17.3 Å². The first-order valence-corrected chi connectivity index (χ1v) is 8.82. The van der Waals surface area contributed by atoms with Crippen LogP contribution in [0.5, 0.6) is 0 Å². The highest BCUT2D eigenvalue weighted by molar-refractivity contribution is 7.89. The molecule has 0 aliphatic carbocycles. The van der Waals surface area contributed by atoms with Gasteiger partial charge >= 0.3 is 0 Å². The number of primary sulfonamides is 1. The lowest BCUT2D eigenvalue weighted by Crippen LogP contribution is -2.39. The quantitative estimate of drug-likeness (QED) is 0.701. The van der Waals surface area contributed by atoms with Gasteiger partial charge in [0.25, 0.3) is 0 Å². The summed E-state index contributed by atoms with van der Waals surface area (Å²) in [7, 11) is -3.48. The van der Waals surface area contributed by atoms with E-state index in [4.69, 9.17) is 14.6 Å². The van der Waals surface area contributed by atoms with Crippen molar-refractivity contribution in [2.24, 2.45) is 10.6 Å². The SMILES string of the molecule is CCCC(CCC)(COC1CCOC1)CS(N)(=O)=O. The van der Waals surface area contributed by atoms with Crippen LogP contribution in [0.25, 0.3) is 0 Å². The van der Waals surface area contributed by atoms with Crippen LogP contribution in [0.4, 0.5) is 0 Å². The number of sulfonamides is 1. The van der Waals surface area contributed by atoms with Gasteiger partial charge in [-0.05, 0) is 19.3 Å². The van der Waals surface area contributed by atoms with E-state index in [0.29, 0.717) is 13.2 Å². The summed E-state index contributed by atoms with van der Waals surface area (Å²) in [6.45, 7) is 5.93. The number of ether oxygens (including phenoxy) is 2. The van der Waals surface area contributed by atoms with E-state index in [2.05, 4.69) is 13.8 Å². The molecule has 0 radical (unpaired) electrons. The molecule has 1 aliphatic heterocycles. The van der Waals surface area contributed by atoms with Crippen molar-refractivity contribution < 1.29 is 17.9 Å². The Balaban J connectivity index is 2.69. The summed E-state index contributed by atoms with van der Waals surface area (Å²) in [4.78, 5) is 0. The molecule has 0 aromatic carbocycles. The average molecular weight is 293 g/mol. The minimum absolute atomic E-state index is 0.00918. The minimum Gasteiger partial charge on any atom is -0.379 e. The standard InChI is InChI=1S/C13H27NO4S/c1-3-6-13(7-4-2,11-19(14,15)16)10-18-12-5-8-17-9-12/h12H,3-11H2,1-2H3,(H2,14,15,16). The van der Waals surface area contributed by atoms with Gasteiger partial charge in [0.2, 0.25) is 10.0 Å². The third-order valence-corrected chi connectivity index (χ3v) is 4.60. The molecule has 2 N–H and O–H groups in total. The van der Waals surface area contributed by atoms with Crippen molar-refractivity contribution in [1.82, 2.24) is 0 Å². The molecule has 19 heavy (non-hydrogen) atoms. The molecule has 1 atom stereocenters. The molecule has 0 bridgehead atoms. The van der Waals surface area contributed by atoms with E-state index in [1.54, 1.807) is 0 Å². The monoisotopic (exact) mass is 293 g/mol. The van der Waals surface area contributed by atoms with E-state index < -0.39 is 10.0 Å². The van der Waals surface area contributed by atoms with Crippen LogP contribution in [-0.4, -0.2) is 40.1 Å². The Kier molecular flexibility index (Phi) is 6.73. The zero-order valence-corrected chi connectivity index (χ0v) is 12.9. The second kappa shape index (κ2) is 7.57. The van der Waals surface area contributed by atoms with Gasteiger partial charge in [0, 0.05) is 12.0 Å². The molecule has 0 aromatic rings. The van der Waals surface area contributed by atoms with Crippen molar-refractivity contribution in [3.8, 4) is 0 Å².